The third-order valence-electron chi connectivity index (χ3n) is 7.82. The Hall–Kier alpha value is -0.240. The van der Waals surface area contributed by atoms with Gasteiger partial charge in [0.25, 0.3) is 0 Å². The maximum atomic E-state index is 11.0. The van der Waals surface area contributed by atoms with Gasteiger partial charge in [-0.15, -0.1) is 0 Å². The first-order valence-electron chi connectivity index (χ1n) is 10.5. The summed E-state index contributed by atoms with van der Waals surface area (Å²) in [5.41, 5.74) is -1.07. The molecule has 4 N–H and O–H groups in total. The number of aliphatic hydroxyl groups excluding tert-OH is 3. The normalized spacial score (nSPS) is 51.7. The molecule has 2 saturated carbocycles. The van der Waals surface area contributed by atoms with E-state index in [2.05, 4.69) is 6.92 Å². The fourth-order valence-electron chi connectivity index (χ4n) is 5.83. The van der Waals surface area contributed by atoms with Crippen molar-refractivity contribution in [2.45, 2.75) is 115 Å². The average Bonchev–Trinajstić information content (AvgIpc) is 2.56. The van der Waals surface area contributed by atoms with Crippen LogP contribution >= 0.6 is 0 Å². The van der Waals surface area contributed by atoms with Crippen molar-refractivity contribution < 1.29 is 29.9 Å². The SMILES string of the molecule is C[C@H]1O[C@@H](OC(C)(C)[C@@H]2CC[C@@]3(C)CCC[C@@](C)(O)[C@@H]3C2)[C@@H](O)[C@H](O)[C@H]1O. The van der Waals surface area contributed by atoms with Crippen molar-refractivity contribution in [1.29, 1.82) is 0 Å². The van der Waals surface area contributed by atoms with Crippen molar-refractivity contribution >= 4 is 0 Å². The molecule has 3 fully saturated rings. The number of fused-ring (bicyclic) bond motifs is 1. The van der Waals surface area contributed by atoms with Gasteiger partial charge in [0.2, 0.25) is 0 Å². The highest BCUT2D eigenvalue weighted by Crippen LogP contribution is 2.57. The summed E-state index contributed by atoms with van der Waals surface area (Å²) in [7, 11) is 0. The largest absolute Gasteiger partial charge is 0.390 e. The van der Waals surface area contributed by atoms with Crippen LogP contribution in [0.15, 0.2) is 0 Å². The molecular formula is C21H38O6. The summed E-state index contributed by atoms with van der Waals surface area (Å²) in [4.78, 5) is 0. The molecule has 3 rings (SSSR count). The lowest BCUT2D eigenvalue weighted by Crippen LogP contribution is -2.60. The Bertz CT molecular complexity index is 535. The summed E-state index contributed by atoms with van der Waals surface area (Å²) < 4.78 is 11.8. The second-order valence-corrected chi connectivity index (χ2v) is 10.3. The standard InChI is InChI=1S/C21H38O6/c1-12-15(22)16(23)17(24)18(26-12)27-19(2,3)13-7-10-20(4)8-6-9-21(5,25)14(20)11-13/h12-18,22-25H,6-11H2,1-5H3/t12-,13-,14-,15+,16-,17+,18+,20-,21-/m1/s1. The van der Waals surface area contributed by atoms with Crippen LogP contribution in [-0.4, -0.2) is 62.3 Å². The zero-order chi connectivity index (χ0) is 20.2. The predicted octanol–water partition coefficient (Wildman–Crippen LogP) is 1.97. The molecule has 1 aliphatic heterocycles. The Labute approximate surface area is 162 Å². The molecule has 0 unspecified atom stereocenters. The van der Waals surface area contributed by atoms with Gasteiger partial charge in [0.15, 0.2) is 6.29 Å². The van der Waals surface area contributed by atoms with E-state index in [4.69, 9.17) is 9.47 Å². The van der Waals surface area contributed by atoms with E-state index < -0.39 is 41.9 Å². The fraction of sp³-hybridized carbons (Fsp3) is 1.00. The minimum atomic E-state index is -1.29. The van der Waals surface area contributed by atoms with E-state index in [0.29, 0.717) is 0 Å². The molecule has 9 atom stereocenters. The minimum absolute atomic E-state index is 0.171. The first-order chi connectivity index (χ1) is 12.4. The molecule has 0 aromatic carbocycles. The molecule has 3 aliphatic rings. The van der Waals surface area contributed by atoms with Crippen molar-refractivity contribution in [2.75, 3.05) is 0 Å². The van der Waals surface area contributed by atoms with E-state index in [1.54, 1.807) is 6.92 Å². The quantitative estimate of drug-likeness (QED) is 0.592. The molecule has 1 heterocycles. The lowest BCUT2D eigenvalue weighted by atomic mass is 9.52. The van der Waals surface area contributed by atoms with Crippen LogP contribution in [0, 0.1) is 17.3 Å². The second kappa shape index (κ2) is 7.22. The van der Waals surface area contributed by atoms with Crippen LogP contribution in [-0.2, 0) is 9.47 Å². The van der Waals surface area contributed by atoms with Crippen molar-refractivity contribution in [3.05, 3.63) is 0 Å². The summed E-state index contributed by atoms with van der Waals surface area (Å²) in [6, 6.07) is 0. The van der Waals surface area contributed by atoms with Crippen LogP contribution < -0.4 is 0 Å². The molecule has 6 heteroatoms. The van der Waals surface area contributed by atoms with Crippen LogP contribution in [0.25, 0.3) is 0 Å². The van der Waals surface area contributed by atoms with E-state index in [0.717, 1.165) is 38.5 Å². The molecule has 27 heavy (non-hydrogen) atoms. The van der Waals surface area contributed by atoms with Crippen molar-refractivity contribution in [1.82, 2.24) is 0 Å². The Morgan fingerprint density at radius 1 is 1.00 bits per heavy atom. The number of ether oxygens (including phenoxy) is 2. The van der Waals surface area contributed by atoms with Crippen LogP contribution in [0.1, 0.15) is 73.1 Å². The van der Waals surface area contributed by atoms with Crippen LogP contribution in [0.4, 0.5) is 0 Å². The summed E-state index contributed by atoms with van der Waals surface area (Å²) >= 11 is 0. The monoisotopic (exact) mass is 386 g/mol. The Balaban J connectivity index is 1.72. The Morgan fingerprint density at radius 2 is 1.67 bits per heavy atom. The van der Waals surface area contributed by atoms with Gasteiger partial charge in [-0.25, -0.2) is 0 Å². The van der Waals surface area contributed by atoms with Crippen molar-refractivity contribution in [3.8, 4) is 0 Å². The van der Waals surface area contributed by atoms with Gasteiger partial charge in [-0.05, 0) is 77.0 Å². The highest BCUT2D eigenvalue weighted by molar-refractivity contribution is 5.03. The maximum absolute atomic E-state index is 11.0. The van der Waals surface area contributed by atoms with Crippen molar-refractivity contribution in [3.63, 3.8) is 0 Å². The molecule has 2 aliphatic carbocycles. The van der Waals surface area contributed by atoms with Gasteiger partial charge in [0.05, 0.1) is 17.3 Å². The van der Waals surface area contributed by atoms with Gasteiger partial charge in [-0.3, -0.25) is 0 Å². The highest BCUT2D eigenvalue weighted by atomic mass is 16.7. The molecule has 158 valence electrons. The molecule has 0 aromatic heterocycles. The van der Waals surface area contributed by atoms with E-state index in [1.807, 2.05) is 20.8 Å². The molecule has 1 saturated heterocycles. The van der Waals surface area contributed by atoms with Gasteiger partial charge in [0, 0.05) is 0 Å². The summed E-state index contributed by atoms with van der Waals surface area (Å²) in [6.07, 6.45) is 0.704. The lowest BCUT2D eigenvalue weighted by Gasteiger charge is -2.56. The number of rotatable bonds is 3. The molecular weight excluding hydrogens is 348 g/mol. The number of hydrogen-bond donors (Lipinski definition) is 4. The average molecular weight is 387 g/mol. The third-order valence-corrected chi connectivity index (χ3v) is 7.82. The first kappa shape index (κ1) is 21.5. The predicted molar refractivity (Wildman–Crippen MR) is 101 cm³/mol. The Kier molecular flexibility index (Phi) is 5.74. The molecule has 6 nitrogen and oxygen atoms in total. The molecule has 0 spiro atoms. The van der Waals surface area contributed by atoms with Gasteiger partial charge >= 0.3 is 0 Å². The topological polar surface area (TPSA) is 99.4 Å². The van der Waals surface area contributed by atoms with Gasteiger partial charge < -0.3 is 29.9 Å². The first-order valence-corrected chi connectivity index (χ1v) is 10.5. The number of hydrogen-bond acceptors (Lipinski definition) is 6. The van der Waals surface area contributed by atoms with Crippen LogP contribution in [0.3, 0.4) is 0 Å². The molecule has 0 bridgehead atoms. The zero-order valence-corrected chi connectivity index (χ0v) is 17.4. The lowest BCUT2D eigenvalue weighted by molar-refractivity contribution is -0.325. The summed E-state index contributed by atoms with van der Waals surface area (Å²) in [6.45, 7) is 9.93. The zero-order valence-electron chi connectivity index (χ0n) is 17.4. The maximum Gasteiger partial charge on any atom is 0.187 e. The van der Waals surface area contributed by atoms with Crippen LogP contribution in [0.5, 0.6) is 0 Å². The summed E-state index contributed by atoms with van der Waals surface area (Å²) in [5, 5.41) is 41.2. The Morgan fingerprint density at radius 3 is 2.33 bits per heavy atom. The van der Waals surface area contributed by atoms with E-state index >= 15 is 0 Å². The smallest absolute Gasteiger partial charge is 0.187 e. The van der Waals surface area contributed by atoms with E-state index in [9.17, 15) is 20.4 Å². The van der Waals surface area contributed by atoms with E-state index in [1.165, 1.54) is 0 Å². The molecule has 0 radical (unpaired) electrons. The highest BCUT2D eigenvalue weighted by Gasteiger charge is 2.54. The van der Waals surface area contributed by atoms with Crippen LogP contribution in [0.2, 0.25) is 0 Å². The second-order valence-electron chi connectivity index (χ2n) is 10.3. The fourth-order valence-corrected chi connectivity index (χ4v) is 5.83. The molecule has 0 aromatic rings. The minimum Gasteiger partial charge on any atom is -0.390 e. The third kappa shape index (κ3) is 3.94. The number of aliphatic hydroxyl groups is 4. The van der Waals surface area contributed by atoms with Gasteiger partial charge in [-0.2, -0.15) is 0 Å². The van der Waals surface area contributed by atoms with Gasteiger partial charge in [0.1, 0.15) is 18.3 Å². The molecule has 0 amide bonds. The van der Waals surface area contributed by atoms with Gasteiger partial charge in [-0.1, -0.05) is 13.3 Å². The summed E-state index contributed by atoms with van der Waals surface area (Å²) in [5.74, 6) is 0.444. The van der Waals surface area contributed by atoms with Crippen molar-refractivity contribution in [2.24, 2.45) is 17.3 Å². The van der Waals surface area contributed by atoms with E-state index in [-0.39, 0.29) is 17.3 Å².